The van der Waals surface area contributed by atoms with E-state index in [2.05, 4.69) is 45.3 Å². The van der Waals surface area contributed by atoms with Gasteiger partial charge in [-0.25, -0.2) is 0 Å². The monoisotopic (exact) mass is 375 g/mol. The molecule has 0 aliphatic rings. The fourth-order valence-electron chi connectivity index (χ4n) is 3.08. The Morgan fingerprint density at radius 2 is 1.96 bits per heavy atom. The lowest BCUT2D eigenvalue weighted by Gasteiger charge is -2.37. The largest absolute Gasteiger partial charge is 0.385 e. The van der Waals surface area contributed by atoms with Crippen LogP contribution in [0.4, 0.5) is 0 Å². The fourth-order valence-corrected chi connectivity index (χ4v) is 4.41. The van der Waals surface area contributed by atoms with Crippen LogP contribution < -0.4 is 17.2 Å². The van der Waals surface area contributed by atoms with Gasteiger partial charge in [0.25, 0.3) is 0 Å². The molecule has 0 spiro atoms. The lowest BCUT2D eigenvalue weighted by Crippen LogP contribution is -2.72. The summed E-state index contributed by atoms with van der Waals surface area (Å²) in [6, 6.07) is 0. The number of unbranched alkanes of at least 4 members (excludes halogenated alkanes) is 1. The maximum absolute atomic E-state index is 11.4. The minimum Gasteiger partial charge on any atom is -0.385 e. The Morgan fingerprint density at radius 1 is 1.36 bits per heavy atom. The highest BCUT2D eigenvalue weighted by molar-refractivity contribution is 8.00. The average Bonchev–Trinajstić information content (AvgIpc) is 2.48. The van der Waals surface area contributed by atoms with E-state index in [9.17, 15) is 5.11 Å². The molecule has 3 unspecified atom stereocenters. The number of rotatable bonds is 13. The van der Waals surface area contributed by atoms with Gasteiger partial charge in [0.05, 0.1) is 11.0 Å². The Kier molecular flexibility index (Phi) is 11.3. The summed E-state index contributed by atoms with van der Waals surface area (Å²) in [7, 11) is 0. The molecule has 0 bridgehead atoms. The number of aliphatic hydroxyl groups is 1. The van der Waals surface area contributed by atoms with Crippen LogP contribution in [-0.4, -0.2) is 45.5 Å². The van der Waals surface area contributed by atoms with Gasteiger partial charge in [-0.15, -0.1) is 0 Å². The van der Waals surface area contributed by atoms with Crippen LogP contribution >= 0.6 is 11.8 Å². The highest BCUT2D eigenvalue weighted by Gasteiger charge is 2.40. The third-order valence-corrected chi connectivity index (χ3v) is 5.93. The van der Waals surface area contributed by atoms with Crippen molar-refractivity contribution in [3.8, 4) is 0 Å². The number of likely N-dealkylation sites (N-methyl/N-ethyl adjacent to an activating group) is 1. The zero-order chi connectivity index (χ0) is 19.7. The van der Waals surface area contributed by atoms with Crippen LogP contribution in [0.15, 0.2) is 11.8 Å². The van der Waals surface area contributed by atoms with E-state index in [0.717, 1.165) is 38.0 Å². The van der Waals surface area contributed by atoms with Gasteiger partial charge in [-0.2, -0.15) is 0 Å². The SMILES string of the molecule is CCCCC(N)SC(C)([NH3+])CC(O)(C=C(C)N(CC)CCN)C(C)C. The molecule has 5 nitrogen and oxygen atoms in total. The summed E-state index contributed by atoms with van der Waals surface area (Å²) in [6.45, 7) is 14.8. The minimum atomic E-state index is -0.917. The van der Waals surface area contributed by atoms with Crippen LogP contribution in [-0.2, 0) is 0 Å². The molecule has 25 heavy (non-hydrogen) atoms. The van der Waals surface area contributed by atoms with Crippen LogP contribution in [0.2, 0.25) is 0 Å². The summed E-state index contributed by atoms with van der Waals surface area (Å²) in [5.74, 6) is 0.0903. The first-order chi connectivity index (χ1) is 11.5. The van der Waals surface area contributed by atoms with Crippen molar-refractivity contribution in [2.45, 2.75) is 83.1 Å². The van der Waals surface area contributed by atoms with E-state index in [1.165, 1.54) is 0 Å². The highest BCUT2D eigenvalue weighted by Crippen LogP contribution is 2.35. The number of nitrogens with zero attached hydrogens (tertiary/aromatic N) is 1. The van der Waals surface area contributed by atoms with Crippen LogP contribution in [0.3, 0.4) is 0 Å². The van der Waals surface area contributed by atoms with Crippen LogP contribution in [0.25, 0.3) is 0 Å². The van der Waals surface area contributed by atoms with Crippen molar-refractivity contribution in [2.75, 3.05) is 19.6 Å². The molecule has 0 heterocycles. The molecule has 0 fully saturated rings. The second-order valence-electron chi connectivity index (χ2n) is 7.73. The third-order valence-electron chi connectivity index (χ3n) is 4.67. The van der Waals surface area contributed by atoms with Crippen molar-refractivity contribution in [2.24, 2.45) is 17.4 Å². The van der Waals surface area contributed by atoms with Crippen molar-refractivity contribution in [1.29, 1.82) is 0 Å². The van der Waals surface area contributed by atoms with Gasteiger partial charge in [0.15, 0.2) is 0 Å². The molecule has 150 valence electrons. The van der Waals surface area contributed by atoms with Gasteiger partial charge < -0.3 is 27.2 Å². The predicted molar refractivity (Wildman–Crippen MR) is 111 cm³/mol. The maximum atomic E-state index is 11.4. The normalized spacial score (nSPS) is 18.8. The molecule has 0 radical (unpaired) electrons. The molecular weight excluding hydrogens is 332 g/mol. The van der Waals surface area contributed by atoms with Crippen molar-refractivity contribution >= 4 is 11.8 Å². The van der Waals surface area contributed by atoms with Crippen LogP contribution in [0, 0.1) is 5.92 Å². The second-order valence-corrected chi connectivity index (χ2v) is 9.55. The van der Waals surface area contributed by atoms with Crippen molar-refractivity contribution in [3.63, 3.8) is 0 Å². The molecule has 0 amide bonds. The number of nitrogens with two attached hydrogens (primary N) is 2. The van der Waals surface area contributed by atoms with Gasteiger partial charge in [-0.1, -0.05) is 45.4 Å². The molecule has 3 atom stereocenters. The quantitative estimate of drug-likeness (QED) is 0.369. The van der Waals surface area contributed by atoms with E-state index in [-0.39, 0.29) is 16.2 Å². The molecule has 0 saturated carbocycles. The van der Waals surface area contributed by atoms with Gasteiger partial charge in [0.1, 0.15) is 4.87 Å². The van der Waals surface area contributed by atoms with Gasteiger partial charge >= 0.3 is 0 Å². The Balaban J connectivity index is 5.24. The molecule has 0 rings (SSSR count). The summed E-state index contributed by atoms with van der Waals surface area (Å²) >= 11 is 1.68. The van der Waals surface area contributed by atoms with Gasteiger partial charge in [0.2, 0.25) is 0 Å². The third kappa shape index (κ3) is 9.29. The zero-order valence-corrected chi connectivity index (χ0v) is 18.2. The Hall–Kier alpha value is -0.270. The minimum absolute atomic E-state index is 0.0633. The lowest BCUT2D eigenvalue weighted by molar-refractivity contribution is -0.439. The Labute approximate surface area is 159 Å². The van der Waals surface area contributed by atoms with Gasteiger partial charge in [-0.3, -0.25) is 0 Å². The van der Waals surface area contributed by atoms with E-state index in [0.29, 0.717) is 13.0 Å². The number of thioether (sulfide) groups is 1. The van der Waals surface area contributed by atoms with E-state index in [1.54, 1.807) is 11.8 Å². The summed E-state index contributed by atoms with van der Waals surface area (Å²) in [4.78, 5) is 1.86. The molecule has 0 aliphatic heterocycles. The van der Waals surface area contributed by atoms with Crippen molar-refractivity contribution < 1.29 is 10.8 Å². The number of hydrogen-bond acceptors (Lipinski definition) is 5. The number of allylic oxidation sites excluding steroid dienone is 1. The first kappa shape index (κ1) is 24.7. The topological polar surface area (TPSA) is 103 Å². The molecule has 0 aromatic rings. The van der Waals surface area contributed by atoms with E-state index in [4.69, 9.17) is 11.5 Å². The summed E-state index contributed by atoms with van der Waals surface area (Å²) in [5.41, 5.74) is 16.5. The fraction of sp³-hybridized carbons (Fsp3) is 0.895. The molecule has 0 aliphatic carbocycles. The summed E-state index contributed by atoms with van der Waals surface area (Å²) in [6.07, 6.45) is 5.83. The van der Waals surface area contributed by atoms with E-state index < -0.39 is 5.60 Å². The first-order valence-corrected chi connectivity index (χ1v) is 10.5. The number of quaternary nitrogens is 1. The molecule has 0 aromatic heterocycles. The lowest BCUT2D eigenvalue weighted by atomic mass is 9.83. The average molecular weight is 376 g/mol. The maximum Gasteiger partial charge on any atom is 0.143 e. The molecule has 6 heteroatoms. The van der Waals surface area contributed by atoms with Gasteiger partial charge in [0, 0.05) is 38.7 Å². The van der Waals surface area contributed by atoms with Crippen LogP contribution in [0.1, 0.15) is 67.2 Å². The Morgan fingerprint density at radius 3 is 2.40 bits per heavy atom. The molecular formula is C19H43N4OS+. The second kappa shape index (κ2) is 11.4. The molecule has 8 N–H and O–H groups in total. The van der Waals surface area contributed by atoms with Gasteiger partial charge in [-0.05, 0) is 32.3 Å². The summed E-state index contributed by atoms with van der Waals surface area (Å²) in [5, 5.41) is 11.4. The molecule has 0 saturated heterocycles. The van der Waals surface area contributed by atoms with Crippen molar-refractivity contribution in [3.05, 3.63) is 11.8 Å². The number of hydrogen-bond donors (Lipinski definition) is 4. The smallest absolute Gasteiger partial charge is 0.143 e. The molecule has 0 aromatic carbocycles. The van der Waals surface area contributed by atoms with E-state index in [1.807, 2.05) is 13.0 Å². The van der Waals surface area contributed by atoms with E-state index >= 15 is 0 Å². The van der Waals surface area contributed by atoms with Crippen LogP contribution in [0.5, 0.6) is 0 Å². The summed E-state index contributed by atoms with van der Waals surface area (Å²) < 4.78 is 0. The van der Waals surface area contributed by atoms with Crippen molar-refractivity contribution in [1.82, 2.24) is 4.90 Å². The Bertz CT molecular complexity index is 401. The standard InChI is InChI=1S/C19H42N4OS/c1-7-9-10-17(21)25-18(6,22)14-19(24,15(3)4)13-16(5)23(8-2)12-11-20/h13,15,17,24H,7-12,14,20-22H2,1-6H3/p+1. The predicted octanol–water partition coefficient (Wildman–Crippen LogP) is 2.11. The zero-order valence-electron chi connectivity index (χ0n) is 17.3. The highest BCUT2D eigenvalue weighted by atomic mass is 32.2. The first-order valence-electron chi connectivity index (χ1n) is 9.66.